The van der Waals surface area contributed by atoms with Crippen LogP contribution in [0.1, 0.15) is 27.9 Å². The van der Waals surface area contributed by atoms with Crippen LogP contribution in [0.15, 0.2) is 72.9 Å². The van der Waals surface area contributed by atoms with Crippen molar-refractivity contribution in [2.75, 3.05) is 50.2 Å². The quantitative estimate of drug-likeness (QED) is 0.169. The third-order valence-corrected chi connectivity index (χ3v) is 7.93. The van der Waals surface area contributed by atoms with Crippen molar-refractivity contribution in [3.05, 3.63) is 101 Å². The number of hydrogen-bond acceptors (Lipinski definition) is 8. The van der Waals surface area contributed by atoms with Crippen molar-refractivity contribution in [2.45, 2.75) is 19.1 Å². The highest BCUT2D eigenvalue weighted by atomic mass is 79.9. The number of fused-ring (bicyclic) bond motifs is 1. The number of carbonyl (C=O) groups excluding carboxylic acids is 2. The summed E-state index contributed by atoms with van der Waals surface area (Å²) in [6.45, 7) is 3.53. The minimum absolute atomic E-state index is 0. The molecule has 0 saturated carbocycles. The highest BCUT2D eigenvalue weighted by Gasteiger charge is 2.30. The van der Waals surface area contributed by atoms with Gasteiger partial charge in [0.2, 0.25) is 18.6 Å². The summed E-state index contributed by atoms with van der Waals surface area (Å²) in [5.74, 6) is -1.57. The Balaban J connectivity index is 0.00000486. The molecule has 16 heteroatoms. The molecule has 0 spiro atoms. The second-order valence-electron chi connectivity index (χ2n) is 11.3. The van der Waals surface area contributed by atoms with Crippen LogP contribution in [0.4, 0.5) is 33.3 Å². The number of anilines is 2. The first-order valence-electron chi connectivity index (χ1n) is 15.3. The molecule has 2 amide bonds. The first kappa shape index (κ1) is 36.3. The molecule has 3 aromatic carbocycles. The molecule has 1 aromatic heterocycles. The first-order valence-corrected chi connectivity index (χ1v) is 15.3. The summed E-state index contributed by atoms with van der Waals surface area (Å²) in [5.41, 5.74) is 0.286. The van der Waals surface area contributed by atoms with Gasteiger partial charge < -0.3 is 29.7 Å². The molecule has 6 rings (SSSR count). The van der Waals surface area contributed by atoms with Crippen LogP contribution in [0.25, 0.3) is 0 Å². The van der Waals surface area contributed by atoms with Crippen LogP contribution in [-0.2, 0) is 17.5 Å². The third-order valence-electron chi connectivity index (χ3n) is 7.93. The van der Waals surface area contributed by atoms with Crippen molar-refractivity contribution < 1.29 is 45.8 Å². The summed E-state index contributed by atoms with van der Waals surface area (Å²) >= 11 is 0. The number of nitrogens with one attached hydrogen (secondary N) is 2. The molecule has 2 aliphatic heterocycles. The Morgan fingerprint density at radius 1 is 0.880 bits per heavy atom. The summed E-state index contributed by atoms with van der Waals surface area (Å²) in [4.78, 5) is 33.2. The lowest BCUT2D eigenvalue weighted by atomic mass is 10.1. The predicted octanol–water partition coefficient (Wildman–Crippen LogP) is 6.88. The Morgan fingerprint density at radius 2 is 1.62 bits per heavy atom. The summed E-state index contributed by atoms with van der Waals surface area (Å²) in [5, 5.41) is 5.21. The van der Waals surface area contributed by atoms with Crippen molar-refractivity contribution in [1.29, 1.82) is 0 Å². The van der Waals surface area contributed by atoms with Gasteiger partial charge in [0.05, 0.1) is 16.8 Å². The predicted molar refractivity (Wildman–Crippen MR) is 178 cm³/mol. The number of rotatable bonds is 10. The zero-order chi connectivity index (χ0) is 34.5. The van der Waals surface area contributed by atoms with Gasteiger partial charge in [-0.3, -0.25) is 14.5 Å². The number of halogens is 6. The van der Waals surface area contributed by atoms with Crippen molar-refractivity contribution >= 4 is 40.2 Å². The summed E-state index contributed by atoms with van der Waals surface area (Å²) < 4.78 is 84.0. The van der Waals surface area contributed by atoms with Gasteiger partial charge in [-0.25, -0.2) is 13.8 Å². The van der Waals surface area contributed by atoms with Crippen LogP contribution >= 0.6 is 17.0 Å². The molecular formula is C34H31BrF5N5O5. The number of ether oxygens (including phenoxy) is 3. The van der Waals surface area contributed by atoms with Crippen LogP contribution < -0.4 is 24.8 Å². The molecule has 2 aliphatic rings. The van der Waals surface area contributed by atoms with E-state index in [1.807, 2.05) is 18.2 Å². The largest absolute Gasteiger partial charge is 0.454 e. The number of alkyl halides is 3. The van der Waals surface area contributed by atoms with E-state index in [0.29, 0.717) is 26.2 Å². The number of hydrogen-bond donors (Lipinski definition) is 2. The average Bonchev–Trinajstić information content (AvgIpc) is 3.55. The van der Waals surface area contributed by atoms with E-state index < -0.39 is 35.0 Å². The molecule has 50 heavy (non-hydrogen) atoms. The van der Waals surface area contributed by atoms with Crippen LogP contribution in [0.5, 0.6) is 23.1 Å². The average molecular weight is 765 g/mol. The van der Waals surface area contributed by atoms with Gasteiger partial charge in [0.1, 0.15) is 5.82 Å². The fourth-order valence-electron chi connectivity index (χ4n) is 5.29. The highest BCUT2D eigenvalue weighted by Crippen LogP contribution is 2.33. The van der Waals surface area contributed by atoms with Crippen molar-refractivity contribution in [3.8, 4) is 23.1 Å². The Kier molecular flexibility index (Phi) is 11.4. The highest BCUT2D eigenvalue weighted by molar-refractivity contribution is 8.93. The van der Waals surface area contributed by atoms with Crippen molar-refractivity contribution in [1.82, 2.24) is 14.8 Å². The number of pyridine rings is 1. The lowest BCUT2D eigenvalue weighted by Gasteiger charge is -2.35. The molecule has 0 atom stereocenters. The van der Waals surface area contributed by atoms with E-state index in [0.717, 1.165) is 66.2 Å². The van der Waals surface area contributed by atoms with E-state index in [-0.39, 0.29) is 65.5 Å². The molecule has 264 valence electrons. The minimum Gasteiger partial charge on any atom is -0.454 e. The Morgan fingerprint density at radius 3 is 2.32 bits per heavy atom. The maximum absolute atomic E-state index is 14.8. The van der Waals surface area contributed by atoms with Gasteiger partial charge >= 0.3 is 6.18 Å². The van der Waals surface area contributed by atoms with E-state index in [4.69, 9.17) is 14.2 Å². The second-order valence-corrected chi connectivity index (χ2v) is 11.3. The van der Waals surface area contributed by atoms with E-state index in [2.05, 4.69) is 20.5 Å². The van der Waals surface area contributed by atoms with Crippen LogP contribution in [-0.4, -0.2) is 66.1 Å². The molecule has 3 heterocycles. The summed E-state index contributed by atoms with van der Waals surface area (Å²) in [7, 11) is 0. The number of benzene rings is 3. The standard InChI is InChI=1S/C34H30F5N5O5.BrH/c35-25-17-29(49-31-8-2-22(18-41-31)33(46)42-24-5-3-23(4-6-24)34(37,38)39)26(36)16-27(25)40-10-9-32(45)44-13-11-43(12-14-44)19-21-1-7-28-30(15-21)48-20-47-28;/h1-8,15-18,40H,9-14,19-20H2,(H,42,46);1H. The molecule has 1 fully saturated rings. The van der Waals surface area contributed by atoms with Gasteiger partial charge in [0.25, 0.3) is 5.91 Å². The molecule has 1 saturated heterocycles. The molecule has 0 radical (unpaired) electrons. The molecule has 4 aromatic rings. The number of amides is 2. The van der Waals surface area contributed by atoms with Gasteiger partial charge in [-0.1, -0.05) is 6.07 Å². The maximum Gasteiger partial charge on any atom is 0.416 e. The minimum atomic E-state index is -4.50. The molecule has 2 N–H and O–H groups in total. The van der Waals surface area contributed by atoms with Gasteiger partial charge in [-0.2, -0.15) is 13.2 Å². The van der Waals surface area contributed by atoms with Crippen molar-refractivity contribution in [2.24, 2.45) is 0 Å². The monoisotopic (exact) mass is 763 g/mol. The molecule has 0 unspecified atom stereocenters. The van der Waals surface area contributed by atoms with E-state index >= 15 is 0 Å². The summed E-state index contributed by atoms with van der Waals surface area (Å²) in [6.07, 6.45) is -3.30. The Hall–Kier alpha value is -4.96. The molecular weight excluding hydrogens is 733 g/mol. The Bertz CT molecular complexity index is 1820. The topological polar surface area (TPSA) is 105 Å². The lowest BCUT2D eigenvalue weighted by Crippen LogP contribution is -2.48. The smallest absolute Gasteiger partial charge is 0.416 e. The number of carbonyl (C=O) groups is 2. The third kappa shape index (κ3) is 8.98. The molecule has 0 aliphatic carbocycles. The van der Waals surface area contributed by atoms with Crippen LogP contribution in [0, 0.1) is 11.6 Å². The zero-order valence-corrected chi connectivity index (χ0v) is 28.0. The van der Waals surface area contributed by atoms with Gasteiger partial charge in [-0.05, 0) is 48.0 Å². The fraction of sp³-hybridized carbons (Fsp3) is 0.265. The zero-order valence-electron chi connectivity index (χ0n) is 26.3. The van der Waals surface area contributed by atoms with E-state index in [9.17, 15) is 31.5 Å². The van der Waals surface area contributed by atoms with Gasteiger partial charge in [-0.15, -0.1) is 17.0 Å². The molecule has 0 bridgehead atoms. The van der Waals surface area contributed by atoms with E-state index in [1.54, 1.807) is 4.90 Å². The van der Waals surface area contributed by atoms with Crippen molar-refractivity contribution in [3.63, 3.8) is 0 Å². The second kappa shape index (κ2) is 15.7. The summed E-state index contributed by atoms with van der Waals surface area (Å²) in [6, 6.07) is 14.1. The fourth-order valence-corrected chi connectivity index (χ4v) is 5.29. The maximum atomic E-state index is 14.8. The lowest BCUT2D eigenvalue weighted by molar-refractivity contribution is -0.137. The number of aromatic nitrogens is 1. The van der Waals surface area contributed by atoms with Crippen LogP contribution in [0.3, 0.4) is 0 Å². The van der Waals surface area contributed by atoms with E-state index in [1.165, 1.54) is 12.1 Å². The first-order chi connectivity index (χ1) is 23.5. The Labute approximate surface area is 293 Å². The molecule has 10 nitrogen and oxygen atoms in total. The SMILES string of the molecule is Br.O=C(Nc1ccc(C(F)(F)F)cc1)c1ccc(Oc2cc(F)c(NCCC(=O)N3CCN(Cc4ccc5c(c4)OCO5)CC3)cc2F)nc1. The normalized spacial score (nSPS) is 14.1. The number of nitrogens with zero attached hydrogens (tertiary/aromatic N) is 3. The number of piperazine rings is 1. The van der Waals surface area contributed by atoms with Gasteiger partial charge in [0, 0.05) is 75.8 Å². The van der Waals surface area contributed by atoms with Gasteiger partial charge in [0.15, 0.2) is 23.1 Å². The van der Waals surface area contributed by atoms with Crippen LogP contribution in [0.2, 0.25) is 0 Å².